The van der Waals surface area contributed by atoms with Crippen molar-refractivity contribution in [2.45, 2.75) is 25.4 Å². The van der Waals surface area contributed by atoms with Crippen molar-refractivity contribution in [3.05, 3.63) is 18.0 Å². The summed E-state index contributed by atoms with van der Waals surface area (Å²) >= 11 is 0. The highest BCUT2D eigenvalue weighted by atomic mass is 16.2. The second-order valence-corrected chi connectivity index (χ2v) is 5.92. The first-order valence-electron chi connectivity index (χ1n) is 7.32. The molecule has 1 aromatic heterocycles. The van der Waals surface area contributed by atoms with Crippen LogP contribution in [0.5, 0.6) is 0 Å². The molecule has 0 bridgehead atoms. The quantitative estimate of drug-likeness (QED) is 0.799. The summed E-state index contributed by atoms with van der Waals surface area (Å²) in [5.41, 5.74) is 1.02. The minimum absolute atomic E-state index is 0.000184. The maximum atomic E-state index is 12.2. The molecule has 1 fully saturated rings. The summed E-state index contributed by atoms with van der Waals surface area (Å²) in [4.78, 5) is 29.3. The molecule has 0 saturated carbocycles. The van der Waals surface area contributed by atoms with Crippen molar-refractivity contribution in [3.63, 3.8) is 0 Å². The first kappa shape index (κ1) is 13.9. The molecule has 1 saturated heterocycles. The second-order valence-electron chi connectivity index (χ2n) is 5.92. The van der Waals surface area contributed by atoms with Gasteiger partial charge in [-0.1, -0.05) is 0 Å². The summed E-state index contributed by atoms with van der Waals surface area (Å²) in [5.74, 6) is 0.208. The van der Waals surface area contributed by atoms with Crippen molar-refractivity contribution in [2.24, 2.45) is 0 Å². The molecule has 0 radical (unpaired) electrons. The van der Waals surface area contributed by atoms with E-state index in [2.05, 4.69) is 5.10 Å². The Hall–Kier alpha value is -2.05. The molecule has 1 aromatic rings. The van der Waals surface area contributed by atoms with E-state index in [1.54, 1.807) is 25.2 Å². The number of carbonyl (C=O) groups is 2. The van der Waals surface area contributed by atoms with Crippen LogP contribution in [0.25, 0.3) is 0 Å². The molecule has 3 heterocycles. The summed E-state index contributed by atoms with van der Waals surface area (Å²) in [6.07, 6.45) is 3.33. The summed E-state index contributed by atoms with van der Waals surface area (Å²) in [5, 5.41) is 4.37. The van der Waals surface area contributed by atoms with Crippen molar-refractivity contribution in [2.75, 3.05) is 33.7 Å². The van der Waals surface area contributed by atoms with Crippen molar-refractivity contribution >= 4 is 11.9 Å². The first-order valence-corrected chi connectivity index (χ1v) is 7.32. The lowest BCUT2D eigenvalue weighted by atomic mass is 10.2. The third kappa shape index (κ3) is 2.59. The summed E-state index contributed by atoms with van der Waals surface area (Å²) in [6.45, 7) is 2.61. The Kier molecular flexibility index (Phi) is 3.57. The molecule has 2 aliphatic rings. The number of hydrogen-bond donors (Lipinski definition) is 0. The molecule has 114 valence electrons. The lowest BCUT2D eigenvalue weighted by molar-refractivity contribution is -0.128. The Balaban J connectivity index is 1.79. The van der Waals surface area contributed by atoms with Gasteiger partial charge in [-0.25, -0.2) is 4.79 Å². The van der Waals surface area contributed by atoms with E-state index in [1.165, 1.54) is 0 Å². The van der Waals surface area contributed by atoms with Gasteiger partial charge >= 0.3 is 6.03 Å². The van der Waals surface area contributed by atoms with E-state index in [0.717, 1.165) is 18.7 Å². The fourth-order valence-corrected chi connectivity index (χ4v) is 3.10. The molecular weight excluding hydrogens is 270 g/mol. The number of hydrogen-bond acceptors (Lipinski definition) is 3. The van der Waals surface area contributed by atoms with Crippen LogP contribution < -0.4 is 0 Å². The van der Waals surface area contributed by atoms with Gasteiger partial charge in [-0.2, -0.15) is 5.10 Å². The smallest absolute Gasteiger partial charge is 0.319 e. The molecule has 2 aliphatic heterocycles. The lowest BCUT2D eigenvalue weighted by Crippen LogP contribution is -2.48. The van der Waals surface area contributed by atoms with Gasteiger partial charge in [-0.05, 0) is 12.5 Å². The average molecular weight is 291 g/mol. The van der Waals surface area contributed by atoms with E-state index in [1.807, 2.05) is 20.5 Å². The van der Waals surface area contributed by atoms with Crippen LogP contribution in [-0.4, -0.2) is 70.1 Å². The van der Waals surface area contributed by atoms with E-state index in [9.17, 15) is 9.59 Å². The van der Waals surface area contributed by atoms with Crippen LogP contribution in [0.2, 0.25) is 0 Å². The normalized spacial score (nSPS) is 21.6. The number of rotatable bonds is 2. The number of aromatic nitrogens is 2. The minimum atomic E-state index is 0.000184. The molecule has 1 unspecified atom stereocenters. The standard InChI is InChI=1S/C14H21N5O2/c1-16(2)14(21)18-8-11-5-6-15-19(11)12(10-18)9-17-7-3-4-13(17)20/h5-6,12H,3-4,7-10H2,1-2H3. The molecule has 1 atom stereocenters. The van der Waals surface area contributed by atoms with Gasteiger partial charge in [-0.3, -0.25) is 9.48 Å². The Bertz CT molecular complexity index is 553. The topological polar surface area (TPSA) is 61.7 Å². The van der Waals surface area contributed by atoms with Crippen molar-refractivity contribution in [1.82, 2.24) is 24.5 Å². The molecule has 7 nitrogen and oxygen atoms in total. The zero-order valence-electron chi connectivity index (χ0n) is 12.5. The van der Waals surface area contributed by atoms with Crippen LogP contribution in [0, 0.1) is 0 Å². The molecular formula is C14H21N5O2. The zero-order chi connectivity index (χ0) is 15.0. The Morgan fingerprint density at radius 1 is 1.48 bits per heavy atom. The summed E-state index contributed by atoms with van der Waals surface area (Å²) in [6, 6.07) is 1.98. The van der Waals surface area contributed by atoms with Gasteiger partial charge in [-0.15, -0.1) is 0 Å². The minimum Gasteiger partial charge on any atom is -0.340 e. The third-order valence-electron chi connectivity index (χ3n) is 4.14. The Labute approximate surface area is 124 Å². The van der Waals surface area contributed by atoms with Gasteiger partial charge in [0.1, 0.15) is 0 Å². The molecule has 0 N–H and O–H groups in total. The van der Waals surface area contributed by atoms with Gasteiger partial charge in [0, 0.05) is 46.3 Å². The predicted molar refractivity (Wildman–Crippen MR) is 76.6 cm³/mol. The van der Waals surface area contributed by atoms with Crippen LogP contribution in [0.3, 0.4) is 0 Å². The highest BCUT2D eigenvalue weighted by molar-refractivity contribution is 5.78. The van der Waals surface area contributed by atoms with Crippen LogP contribution in [0.1, 0.15) is 24.6 Å². The monoisotopic (exact) mass is 291 g/mol. The fourth-order valence-electron chi connectivity index (χ4n) is 3.10. The van der Waals surface area contributed by atoms with Gasteiger partial charge in [0.25, 0.3) is 0 Å². The highest BCUT2D eigenvalue weighted by Crippen LogP contribution is 2.23. The van der Waals surface area contributed by atoms with E-state index < -0.39 is 0 Å². The Morgan fingerprint density at radius 3 is 2.95 bits per heavy atom. The van der Waals surface area contributed by atoms with E-state index in [-0.39, 0.29) is 18.0 Å². The van der Waals surface area contributed by atoms with Crippen LogP contribution in [0.4, 0.5) is 4.79 Å². The summed E-state index contributed by atoms with van der Waals surface area (Å²) in [7, 11) is 3.51. The van der Waals surface area contributed by atoms with Gasteiger partial charge in [0.2, 0.25) is 5.91 Å². The van der Waals surface area contributed by atoms with Crippen LogP contribution >= 0.6 is 0 Å². The van der Waals surface area contributed by atoms with Crippen molar-refractivity contribution < 1.29 is 9.59 Å². The van der Waals surface area contributed by atoms with Gasteiger partial charge < -0.3 is 14.7 Å². The number of fused-ring (bicyclic) bond motifs is 1. The summed E-state index contributed by atoms with van der Waals surface area (Å²) < 4.78 is 1.96. The van der Waals surface area contributed by atoms with Gasteiger partial charge in [0.15, 0.2) is 0 Å². The first-order chi connectivity index (χ1) is 10.1. The van der Waals surface area contributed by atoms with E-state index >= 15 is 0 Å². The van der Waals surface area contributed by atoms with Crippen molar-refractivity contribution in [1.29, 1.82) is 0 Å². The number of nitrogens with zero attached hydrogens (tertiary/aromatic N) is 5. The van der Waals surface area contributed by atoms with E-state index in [0.29, 0.717) is 26.1 Å². The Morgan fingerprint density at radius 2 is 2.29 bits per heavy atom. The number of carbonyl (C=O) groups excluding carboxylic acids is 2. The van der Waals surface area contributed by atoms with E-state index in [4.69, 9.17) is 0 Å². The molecule has 0 spiro atoms. The lowest BCUT2D eigenvalue weighted by Gasteiger charge is -2.36. The van der Waals surface area contributed by atoms with Crippen LogP contribution in [0.15, 0.2) is 12.3 Å². The molecule has 3 amide bonds. The molecule has 7 heteroatoms. The molecule has 21 heavy (non-hydrogen) atoms. The number of urea groups is 1. The third-order valence-corrected chi connectivity index (χ3v) is 4.14. The molecule has 0 aromatic carbocycles. The van der Waals surface area contributed by atoms with Crippen molar-refractivity contribution in [3.8, 4) is 0 Å². The fraction of sp³-hybridized carbons (Fsp3) is 0.643. The maximum absolute atomic E-state index is 12.2. The molecule has 0 aliphatic carbocycles. The maximum Gasteiger partial charge on any atom is 0.319 e. The zero-order valence-corrected chi connectivity index (χ0v) is 12.5. The van der Waals surface area contributed by atoms with Gasteiger partial charge in [0.05, 0.1) is 18.3 Å². The number of amides is 3. The second kappa shape index (κ2) is 5.38. The largest absolute Gasteiger partial charge is 0.340 e. The average Bonchev–Trinajstić information content (AvgIpc) is 3.07. The number of likely N-dealkylation sites (tertiary alicyclic amines) is 1. The molecule has 3 rings (SSSR count). The van der Waals surface area contributed by atoms with Crippen LogP contribution in [-0.2, 0) is 11.3 Å². The SMILES string of the molecule is CN(C)C(=O)N1Cc2ccnn2C(CN2CCCC2=O)C1. The highest BCUT2D eigenvalue weighted by Gasteiger charge is 2.32. The predicted octanol–water partition coefficient (Wildman–Crippen LogP) is 0.544.